The molecule has 2 heterocycles. The second-order valence-corrected chi connectivity index (χ2v) is 14.0. The molecule has 1 aromatic carbocycles. The molecule has 0 bridgehead atoms. The van der Waals surface area contributed by atoms with E-state index in [1.807, 2.05) is 29.8 Å². The molecule has 40 heavy (non-hydrogen) atoms. The third kappa shape index (κ3) is 10.7. The lowest BCUT2D eigenvalue weighted by Gasteiger charge is -2.47. The van der Waals surface area contributed by atoms with Gasteiger partial charge in [-0.05, 0) is 86.0 Å². The van der Waals surface area contributed by atoms with Gasteiger partial charge in [0.2, 0.25) is 0 Å². The first-order chi connectivity index (χ1) is 18.6. The predicted molar refractivity (Wildman–Crippen MR) is 174 cm³/mol. The van der Waals surface area contributed by atoms with Crippen LogP contribution < -0.4 is 20.3 Å². The summed E-state index contributed by atoms with van der Waals surface area (Å²) in [5.41, 5.74) is 2.85. The molecular formula is C29H49ClN4O4S2. The molecule has 3 atom stereocenters. The third-order valence-electron chi connectivity index (χ3n) is 7.14. The van der Waals surface area contributed by atoms with Crippen molar-refractivity contribution in [3.8, 4) is 0 Å². The molecule has 1 fully saturated rings. The molecule has 1 aliphatic heterocycles. The lowest BCUT2D eigenvalue weighted by molar-refractivity contribution is 0.0825. The van der Waals surface area contributed by atoms with Crippen LogP contribution in [0.4, 0.5) is 11.4 Å². The number of hydrogen-bond donors (Lipinski definition) is 6. The zero-order valence-corrected chi connectivity index (χ0v) is 26.7. The van der Waals surface area contributed by atoms with Gasteiger partial charge in [-0.1, -0.05) is 26.7 Å². The molecule has 3 rings (SSSR count). The van der Waals surface area contributed by atoms with Crippen LogP contribution in [-0.2, 0) is 6.42 Å². The number of aliphatic hydroxyl groups is 1. The van der Waals surface area contributed by atoms with Crippen LogP contribution in [0.15, 0.2) is 35.0 Å². The van der Waals surface area contributed by atoms with E-state index in [1.165, 1.54) is 6.42 Å². The van der Waals surface area contributed by atoms with Gasteiger partial charge in [-0.15, -0.1) is 23.2 Å². The van der Waals surface area contributed by atoms with Crippen molar-refractivity contribution in [1.82, 2.24) is 10.6 Å². The minimum Gasteiger partial charge on any atom is -0.390 e. The summed E-state index contributed by atoms with van der Waals surface area (Å²) in [6.07, 6.45) is 4.75. The minimum atomic E-state index is -2.92. The maximum absolute atomic E-state index is 13.6. The quantitative estimate of drug-likeness (QED) is 0.138. The van der Waals surface area contributed by atoms with Crippen LogP contribution in [0.25, 0.3) is 0 Å². The highest BCUT2D eigenvalue weighted by Crippen LogP contribution is 2.50. The van der Waals surface area contributed by atoms with E-state index in [2.05, 4.69) is 36.7 Å². The van der Waals surface area contributed by atoms with Crippen LogP contribution in [0.3, 0.4) is 0 Å². The Morgan fingerprint density at radius 1 is 1.15 bits per heavy atom. The highest BCUT2D eigenvalue weighted by atomic mass is 35.5. The molecule has 1 aromatic heterocycles. The molecule has 1 saturated heterocycles. The average Bonchev–Trinajstić information content (AvgIpc) is 3.39. The molecule has 0 aliphatic carbocycles. The number of carbonyl (C=O) groups is 1. The number of benzene rings is 1. The molecule has 8 nitrogen and oxygen atoms in total. The maximum Gasteiger partial charge on any atom is 0.251 e. The van der Waals surface area contributed by atoms with E-state index < -0.39 is 22.9 Å². The lowest BCUT2D eigenvalue weighted by atomic mass is 10.0. The molecular weight excluding hydrogens is 568 g/mol. The van der Waals surface area contributed by atoms with Gasteiger partial charge in [0.05, 0.1) is 23.6 Å². The summed E-state index contributed by atoms with van der Waals surface area (Å²) < 4.78 is 23.0. The predicted octanol–water partition coefficient (Wildman–Crippen LogP) is 6.37. The van der Waals surface area contributed by atoms with E-state index in [-0.39, 0.29) is 24.4 Å². The van der Waals surface area contributed by atoms with E-state index in [0.29, 0.717) is 49.0 Å². The lowest BCUT2D eigenvalue weighted by Crippen LogP contribution is -2.49. The van der Waals surface area contributed by atoms with Gasteiger partial charge in [-0.3, -0.25) is 18.2 Å². The van der Waals surface area contributed by atoms with Gasteiger partial charge in [0.1, 0.15) is 0 Å². The van der Waals surface area contributed by atoms with Crippen molar-refractivity contribution in [2.45, 2.75) is 84.4 Å². The Kier molecular flexibility index (Phi) is 14.6. The number of aliphatic hydroxyl groups excluding tert-OH is 1. The summed E-state index contributed by atoms with van der Waals surface area (Å²) in [4.78, 5) is 13.6. The molecule has 228 valence electrons. The topological polar surface area (TPSA) is 117 Å². The van der Waals surface area contributed by atoms with E-state index in [4.69, 9.17) is 0 Å². The Balaban J connectivity index is 0.00000560. The fraction of sp³-hybridized carbons (Fsp3) is 0.621. The van der Waals surface area contributed by atoms with E-state index >= 15 is 0 Å². The molecule has 1 amide bonds. The smallest absolute Gasteiger partial charge is 0.251 e. The van der Waals surface area contributed by atoms with Crippen molar-refractivity contribution < 1.29 is 19.0 Å². The Bertz CT molecular complexity index is 1030. The fourth-order valence-electron chi connectivity index (χ4n) is 4.89. The zero-order chi connectivity index (χ0) is 28.4. The van der Waals surface area contributed by atoms with Crippen LogP contribution in [0.2, 0.25) is 0 Å². The highest BCUT2D eigenvalue weighted by molar-refractivity contribution is 8.25. The van der Waals surface area contributed by atoms with Gasteiger partial charge in [-0.25, -0.2) is 0 Å². The Hall–Kier alpha value is -1.53. The number of nitrogens with zero attached hydrogens (tertiary/aromatic N) is 1. The van der Waals surface area contributed by atoms with E-state index in [9.17, 15) is 19.0 Å². The molecule has 1 aliphatic rings. The van der Waals surface area contributed by atoms with Crippen LogP contribution in [-0.4, -0.2) is 63.7 Å². The molecule has 6 N–H and O–H groups in total. The van der Waals surface area contributed by atoms with Gasteiger partial charge < -0.3 is 21.1 Å². The fourth-order valence-corrected chi connectivity index (χ4v) is 7.25. The number of nitrogens with one attached hydrogen (secondary N) is 3. The molecule has 0 spiro atoms. The number of halogens is 1. The maximum atomic E-state index is 13.6. The standard InChI is InChI=1S/C29H48N4O4S2.ClH/c1-5-30-25-16-24(17-26(18-25)33-12-6-7-14-39(33,36)37)29(35)32-27(15-23-11-13-38-20-23)28(34)19-31-22(4)10-8-9-21(2)3;/h11,13,16-18,20-22,27-28,30-31,34,36-37H,5-10,12,14-15,19H2,1-4H3,(H,32,35);1H/t22?,27-,28-;/m0./s1. The first kappa shape index (κ1) is 34.7. The van der Waals surface area contributed by atoms with Gasteiger partial charge >= 0.3 is 0 Å². The molecule has 2 aromatic rings. The number of amides is 1. The second-order valence-electron chi connectivity index (χ2n) is 11.1. The second kappa shape index (κ2) is 16.8. The third-order valence-corrected chi connectivity index (χ3v) is 9.81. The van der Waals surface area contributed by atoms with Crippen LogP contribution >= 0.6 is 34.5 Å². The molecule has 0 saturated carbocycles. The molecule has 0 radical (unpaired) electrons. The Morgan fingerprint density at radius 3 is 2.58 bits per heavy atom. The highest BCUT2D eigenvalue weighted by Gasteiger charge is 2.29. The summed E-state index contributed by atoms with van der Waals surface area (Å²) >= 11 is 1.59. The van der Waals surface area contributed by atoms with Crippen molar-refractivity contribution in [2.75, 3.05) is 35.0 Å². The summed E-state index contributed by atoms with van der Waals surface area (Å²) in [7, 11) is -2.92. The van der Waals surface area contributed by atoms with Crippen LogP contribution in [0.1, 0.15) is 75.7 Å². The van der Waals surface area contributed by atoms with Gasteiger partial charge in [0.25, 0.3) is 5.91 Å². The first-order valence-electron chi connectivity index (χ1n) is 14.2. The normalized spacial score (nSPS) is 17.9. The zero-order valence-electron chi connectivity index (χ0n) is 24.3. The van der Waals surface area contributed by atoms with Gasteiger partial charge in [0.15, 0.2) is 0 Å². The number of thiophene rings is 1. The van der Waals surface area contributed by atoms with Crippen molar-refractivity contribution in [1.29, 1.82) is 0 Å². The monoisotopic (exact) mass is 616 g/mol. The van der Waals surface area contributed by atoms with Crippen LogP contribution in [0, 0.1) is 5.92 Å². The summed E-state index contributed by atoms with van der Waals surface area (Å²) in [6, 6.07) is 7.18. The average molecular weight is 617 g/mol. The number of hydrogen-bond acceptors (Lipinski definition) is 8. The largest absolute Gasteiger partial charge is 0.390 e. The molecule has 1 unspecified atom stereocenters. The summed E-state index contributed by atoms with van der Waals surface area (Å²) in [6.45, 7) is 10.2. The van der Waals surface area contributed by atoms with Crippen LogP contribution in [0.5, 0.6) is 0 Å². The van der Waals surface area contributed by atoms with Gasteiger partial charge in [-0.2, -0.15) is 11.3 Å². The van der Waals surface area contributed by atoms with Crippen molar-refractivity contribution in [3.63, 3.8) is 0 Å². The number of rotatable bonds is 15. The van der Waals surface area contributed by atoms with Gasteiger partial charge in [0, 0.05) is 36.9 Å². The Morgan fingerprint density at radius 2 is 1.93 bits per heavy atom. The number of carbonyl (C=O) groups excluding carboxylic acids is 1. The first-order valence-corrected chi connectivity index (χ1v) is 16.9. The van der Waals surface area contributed by atoms with Crippen molar-refractivity contribution in [3.05, 3.63) is 46.2 Å². The SMILES string of the molecule is CCNc1cc(C(=O)N[C@@H](Cc2ccsc2)[C@@H](O)CNC(C)CCCC(C)C)cc(N2CCCCS2(O)O)c1.Cl. The Labute approximate surface area is 252 Å². The number of anilines is 2. The van der Waals surface area contributed by atoms with Crippen molar-refractivity contribution >= 4 is 51.8 Å². The van der Waals surface area contributed by atoms with E-state index in [1.54, 1.807) is 27.8 Å². The minimum absolute atomic E-state index is 0. The molecule has 11 heteroatoms. The van der Waals surface area contributed by atoms with Crippen molar-refractivity contribution in [2.24, 2.45) is 5.92 Å². The van der Waals surface area contributed by atoms with E-state index in [0.717, 1.165) is 36.9 Å². The summed E-state index contributed by atoms with van der Waals surface area (Å²) in [5.74, 6) is 0.716. The summed E-state index contributed by atoms with van der Waals surface area (Å²) in [5, 5.41) is 25.0.